The Morgan fingerprint density at radius 3 is 2.92 bits per heavy atom. The monoisotopic (exact) mass is 326 g/mol. The third kappa shape index (κ3) is 2.41. The van der Waals surface area contributed by atoms with Crippen molar-refractivity contribution in [2.75, 3.05) is 6.54 Å². The van der Waals surface area contributed by atoms with Crippen molar-refractivity contribution in [1.82, 2.24) is 19.9 Å². The number of hydrogen-bond acceptors (Lipinski definition) is 4. The summed E-state index contributed by atoms with van der Waals surface area (Å²) < 4.78 is 5.83. The molecule has 126 valence electrons. The Balaban J connectivity index is 1.48. The number of nitrogens with zero attached hydrogens (tertiary/aromatic N) is 3. The number of pyridine rings is 1. The highest BCUT2D eigenvalue weighted by atomic mass is 16.5. The summed E-state index contributed by atoms with van der Waals surface area (Å²) in [4.78, 5) is 26.8. The van der Waals surface area contributed by atoms with E-state index in [2.05, 4.69) is 15.0 Å². The summed E-state index contributed by atoms with van der Waals surface area (Å²) in [6.07, 6.45) is 8.72. The number of fused-ring (bicyclic) bond motifs is 2. The van der Waals surface area contributed by atoms with Crippen LogP contribution in [0.4, 0.5) is 0 Å². The van der Waals surface area contributed by atoms with E-state index in [1.807, 2.05) is 24.0 Å². The summed E-state index contributed by atoms with van der Waals surface area (Å²) in [6.45, 7) is 3.00. The zero-order valence-corrected chi connectivity index (χ0v) is 13.9. The summed E-state index contributed by atoms with van der Waals surface area (Å²) >= 11 is 0. The third-order valence-corrected chi connectivity index (χ3v) is 5.31. The van der Waals surface area contributed by atoms with Crippen LogP contribution >= 0.6 is 0 Å². The molecule has 1 amide bonds. The van der Waals surface area contributed by atoms with Crippen LogP contribution in [0.1, 0.15) is 43.1 Å². The Morgan fingerprint density at radius 2 is 2.21 bits per heavy atom. The second-order valence-corrected chi connectivity index (χ2v) is 6.66. The molecule has 1 saturated carbocycles. The van der Waals surface area contributed by atoms with Crippen molar-refractivity contribution in [2.45, 2.75) is 50.9 Å². The first kappa shape index (κ1) is 15.3. The largest absolute Gasteiger partial charge is 0.364 e. The SMILES string of the molecule is CC(OCc1ccncc1)C(=O)N1CCc2[nH]cnc2C12CCC2. The van der Waals surface area contributed by atoms with E-state index in [4.69, 9.17) is 4.74 Å². The molecule has 0 bridgehead atoms. The minimum atomic E-state index is -0.462. The van der Waals surface area contributed by atoms with Gasteiger partial charge in [0, 0.05) is 31.1 Å². The van der Waals surface area contributed by atoms with Gasteiger partial charge in [0.2, 0.25) is 0 Å². The van der Waals surface area contributed by atoms with Crippen LogP contribution in [-0.4, -0.2) is 38.4 Å². The van der Waals surface area contributed by atoms with E-state index < -0.39 is 6.10 Å². The molecule has 4 rings (SSSR count). The molecule has 1 fully saturated rings. The number of ether oxygens (including phenoxy) is 1. The lowest BCUT2D eigenvalue weighted by atomic mass is 9.70. The van der Waals surface area contributed by atoms with Crippen molar-refractivity contribution in [1.29, 1.82) is 0 Å². The second-order valence-electron chi connectivity index (χ2n) is 6.66. The minimum Gasteiger partial charge on any atom is -0.364 e. The molecule has 2 aromatic heterocycles. The normalized spacial score (nSPS) is 19.6. The summed E-state index contributed by atoms with van der Waals surface area (Å²) in [5, 5.41) is 0. The maximum Gasteiger partial charge on any atom is 0.252 e. The van der Waals surface area contributed by atoms with Gasteiger partial charge in [-0.15, -0.1) is 0 Å². The maximum atomic E-state index is 13.0. The predicted molar refractivity (Wildman–Crippen MR) is 88.0 cm³/mol. The molecule has 6 heteroatoms. The summed E-state index contributed by atoms with van der Waals surface area (Å²) in [5.74, 6) is 0.0670. The van der Waals surface area contributed by atoms with Gasteiger partial charge in [-0.05, 0) is 43.9 Å². The molecule has 1 aliphatic heterocycles. The lowest BCUT2D eigenvalue weighted by molar-refractivity contribution is -0.156. The molecule has 24 heavy (non-hydrogen) atoms. The van der Waals surface area contributed by atoms with E-state index in [1.165, 1.54) is 5.69 Å². The molecule has 2 aromatic rings. The van der Waals surface area contributed by atoms with Crippen LogP contribution in [0.3, 0.4) is 0 Å². The standard InChI is InChI=1S/C18H22N4O2/c1-13(24-11-14-3-8-19-9-4-14)17(23)22-10-5-15-16(21-12-20-15)18(22)6-2-7-18/h3-4,8-9,12-13H,2,5-7,10-11H2,1H3,(H,20,21). The molecular formula is C18H22N4O2. The molecule has 1 atom stereocenters. The van der Waals surface area contributed by atoms with Gasteiger partial charge in [0.25, 0.3) is 5.91 Å². The fourth-order valence-electron chi connectivity index (χ4n) is 3.81. The number of hydrogen-bond donors (Lipinski definition) is 1. The molecule has 2 aliphatic rings. The van der Waals surface area contributed by atoms with Crippen molar-refractivity contribution in [3.63, 3.8) is 0 Å². The van der Waals surface area contributed by atoms with E-state index in [-0.39, 0.29) is 11.4 Å². The van der Waals surface area contributed by atoms with Crippen LogP contribution in [0.2, 0.25) is 0 Å². The number of carbonyl (C=O) groups is 1. The first-order valence-corrected chi connectivity index (χ1v) is 8.55. The Labute approximate surface area is 141 Å². The Hall–Kier alpha value is -2.21. The quantitative estimate of drug-likeness (QED) is 0.935. The number of H-pyrrole nitrogens is 1. The van der Waals surface area contributed by atoms with E-state index in [9.17, 15) is 4.79 Å². The molecule has 0 aromatic carbocycles. The zero-order valence-electron chi connectivity index (χ0n) is 13.9. The first-order valence-electron chi connectivity index (χ1n) is 8.55. The van der Waals surface area contributed by atoms with E-state index >= 15 is 0 Å². The van der Waals surface area contributed by atoms with Crippen LogP contribution in [0.15, 0.2) is 30.9 Å². The van der Waals surface area contributed by atoms with Crippen LogP contribution in [-0.2, 0) is 28.1 Å². The van der Waals surface area contributed by atoms with Gasteiger partial charge in [-0.3, -0.25) is 9.78 Å². The van der Waals surface area contributed by atoms with Crippen LogP contribution in [0.5, 0.6) is 0 Å². The Morgan fingerprint density at radius 1 is 1.42 bits per heavy atom. The fraction of sp³-hybridized carbons (Fsp3) is 0.500. The lowest BCUT2D eigenvalue weighted by Crippen LogP contribution is -2.59. The number of aromatic amines is 1. The molecule has 1 unspecified atom stereocenters. The number of carbonyl (C=O) groups excluding carboxylic acids is 1. The lowest BCUT2D eigenvalue weighted by Gasteiger charge is -2.52. The highest BCUT2D eigenvalue weighted by molar-refractivity contribution is 5.82. The molecule has 0 saturated heterocycles. The van der Waals surface area contributed by atoms with Gasteiger partial charge in [-0.2, -0.15) is 0 Å². The maximum absolute atomic E-state index is 13.0. The van der Waals surface area contributed by atoms with Crippen molar-refractivity contribution >= 4 is 5.91 Å². The zero-order chi connectivity index (χ0) is 16.6. The van der Waals surface area contributed by atoms with Crippen LogP contribution in [0.25, 0.3) is 0 Å². The molecule has 1 aliphatic carbocycles. The van der Waals surface area contributed by atoms with Crippen LogP contribution in [0, 0.1) is 0 Å². The van der Waals surface area contributed by atoms with Gasteiger partial charge in [0.15, 0.2) is 0 Å². The Bertz CT molecular complexity index is 724. The number of rotatable bonds is 4. The number of aromatic nitrogens is 3. The van der Waals surface area contributed by atoms with Gasteiger partial charge in [-0.25, -0.2) is 4.98 Å². The smallest absolute Gasteiger partial charge is 0.252 e. The van der Waals surface area contributed by atoms with Crippen molar-refractivity contribution in [2.24, 2.45) is 0 Å². The van der Waals surface area contributed by atoms with Gasteiger partial charge in [0.1, 0.15) is 6.10 Å². The number of nitrogens with one attached hydrogen (secondary N) is 1. The molecule has 1 spiro atoms. The fourth-order valence-corrected chi connectivity index (χ4v) is 3.81. The Kier molecular flexibility index (Phi) is 3.84. The van der Waals surface area contributed by atoms with E-state index in [0.29, 0.717) is 6.61 Å². The molecular weight excluding hydrogens is 304 g/mol. The number of imidazole rings is 1. The van der Waals surface area contributed by atoms with Gasteiger partial charge >= 0.3 is 0 Å². The highest BCUT2D eigenvalue weighted by Gasteiger charge is 2.51. The first-order chi connectivity index (χ1) is 11.7. The van der Waals surface area contributed by atoms with E-state index in [1.54, 1.807) is 18.7 Å². The van der Waals surface area contributed by atoms with Crippen molar-refractivity contribution < 1.29 is 9.53 Å². The van der Waals surface area contributed by atoms with Gasteiger partial charge < -0.3 is 14.6 Å². The van der Waals surface area contributed by atoms with E-state index in [0.717, 1.165) is 43.5 Å². The molecule has 0 radical (unpaired) electrons. The van der Waals surface area contributed by atoms with Gasteiger partial charge in [0.05, 0.1) is 24.2 Å². The molecule has 6 nitrogen and oxygen atoms in total. The minimum absolute atomic E-state index is 0.0670. The molecule has 3 heterocycles. The third-order valence-electron chi connectivity index (χ3n) is 5.31. The van der Waals surface area contributed by atoms with Crippen molar-refractivity contribution in [3.05, 3.63) is 47.8 Å². The predicted octanol–water partition coefficient (Wildman–Crippen LogP) is 2.17. The van der Waals surface area contributed by atoms with Gasteiger partial charge in [-0.1, -0.05) is 0 Å². The topological polar surface area (TPSA) is 71.1 Å². The second kappa shape index (κ2) is 6.02. The van der Waals surface area contributed by atoms with Crippen LogP contribution < -0.4 is 0 Å². The number of amides is 1. The average Bonchev–Trinajstić information content (AvgIpc) is 3.06. The molecule has 1 N–H and O–H groups in total. The summed E-state index contributed by atoms with van der Waals surface area (Å²) in [7, 11) is 0. The highest BCUT2D eigenvalue weighted by Crippen LogP contribution is 2.49. The average molecular weight is 326 g/mol. The summed E-state index contributed by atoms with van der Waals surface area (Å²) in [6, 6.07) is 3.81. The van der Waals surface area contributed by atoms with Crippen molar-refractivity contribution in [3.8, 4) is 0 Å². The summed E-state index contributed by atoms with van der Waals surface area (Å²) in [5.41, 5.74) is 3.06.